The van der Waals surface area contributed by atoms with Crippen molar-refractivity contribution in [1.29, 1.82) is 0 Å². The summed E-state index contributed by atoms with van der Waals surface area (Å²) < 4.78 is 84.7. The van der Waals surface area contributed by atoms with E-state index < -0.39 is 40.1 Å². The fourth-order valence-electron chi connectivity index (χ4n) is 5.26. The van der Waals surface area contributed by atoms with Crippen molar-refractivity contribution < 1.29 is 35.5 Å². The second kappa shape index (κ2) is 11.7. The van der Waals surface area contributed by atoms with Crippen LogP contribution in [0.2, 0.25) is 0 Å². The summed E-state index contributed by atoms with van der Waals surface area (Å²) in [5, 5.41) is 8.30. The zero-order valence-electron chi connectivity index (χ0n) is 23.7. The molecule has 2 amide bonds. The standard InChI is InChI=1S/C27H31F4N7O4S/c1-15-14-42-11-10-37(15)22-12-20(27(8-9-27)43(40,41)23-16(2)36-38(17(23)3)25(30)31)34-24(35-22)18-4-6-19(7-5-18)33-26(39)32-13-21(28)29/h4-7,12,15,21,25H,8-11,13-14H2,1-3H3,(H2,32,33,39)/t15-/m0/s1. The molecule has 1 aliphatic carbocycles. The van der Waals surface area contributed by atoms with E-state index in [1.165, 1.54) is 13.8 Å². The van der Waals surface area contributed by atoms with Crippen molar-refractivity contribution in [3.8, 4) is 11.4 Å². The van der Waals surface area contributed by atoms with Gasteiger partial charge in [0.1, 0.15) is 15.5 Å². The number of sulfone groups is 1. The zero-order chi connectivity index (χ0) is 31.1. The number of hydrogen-bond acceptors (Lipinski definition) is 8. The zero-order valence-corrected chi connectivity index (χ0v) is 24.5. The van der Waals surface area contributed by atoms with Crippen LogP contribution in [0.3, 0.4) is 0 Å². The maximum absolute atomic E-state index is 14.2. The van der Waals surface area contributed by atoms with Crippen LogP contribution in [0.4, 0.5) is 33.9 Å². The second-order valence-electron chi connectivity index (χ2n) is 10.6. The molecule has 43 heavy (non-hydrogen) atoms. The Morgan fingerprint density at radius 1 is 1.14 bits per heavy atom. The molecule has 11 nitrogen and oxygen atoms in total. The highest BCUT2D eigenvalue weighted by atomic mass is 32.2. The molecule has 0 spiro atoms. The number of halogens is 4. The van der Waals surface area contributed by atoms with Gasteiger partial charge in [0.2, 0.25) is 0 Å². The van der Waals surface area contributed by atoms with Gasteiger partial charge in [-0.2, -0.15) is 13.9 Å². The lowest BCUT2D eigenvalue weighted by Gasteiger charge is -2.34. The number of carbonyl (C=O) groups is 1. The number of hydrogen-bond donors (Lipinski definition) is 2. The molecule has 0 radical (unpaired) electrons. The van der Waals surface area contributed by atoms with Crippen molar-refractivity contribution in [2.75, 3.05) is 36.5 Å². The summed E-state index contributed by atoms with van der Waals surface area (Å²) in [6.45, 7) is 2.27. The molecule has 1 aromatic carbocycles. The summed E-state index contributed by atoms with van der Waals surface area (Å²) in [6.07, 6.45) is -2.22. The summed E-state index contributed by atoms with van der Waals surface area (Å²) in [4.78, 5) is 23.1. The van der Waals surface area contributed by atoms with Crippen LogP contribution >= 0.6 is 0 Å². The van der Waals surface area contributed by atoms with Crippen molar-refractivity contribution in [3.63, 3.8) is 0 Å². The Hall–Kier alpha value is -3.79. The van der Waals surface area contributed by atoms with Gasteiger partial charge in [0.15, 0.2) is 15.7 Å². The molecule has 2 fully saturated rings. The Bertz CT molecular complexity index is 1610. The molecular formula is C27H31F4N7O4S. The van der Waals surface area contributed by atoms with Crippen LogP contribution in [0, 0.1) is 13.8 Å². The normalized spacial score (nSPS) is 18.3. The molecular weight excluding hydrogens is 594 g/mol. The number of carbonyl (C=O) groups excluding carboxylic acids is 1. The fourth-order valence-corrected chi connectivity index (χ4v) is 7.58. The van der Waals surface area contributed by atoms with Crippen molar-refractivity contribution in [3.05, 3.63) is 47.4 Å². The fraction of sp³-hybridized carbons (Fsp3) is 0.481. The molecule has 0 bridgehead atoms. The number of nitrogens with one attached hydrogen (secondary N) is 2. The van der Waals surface area contributed by atoms with Gasteiger partial charge in [0.05, 0.1) is 42.9 Å². The highest BCUT2D eigenvalue weighted by Crippen LogP contribution is 2.56. The Morgan fingerprint density at radius 2 is 1.84 bits per heavy atom. The van der Waals surface area contributed by atoms with Crippen LogP contribution in [0.15, 0.2) is 35.2 Å². The van der Waals surface area contributed by atoms with E-state index in [9.17, 15) is 30.8 Å². The molecule has 0 unspecified atom stereocenters. The average Bonchev–Trinajstić information content (AvgIpc) is 3.72. The van der Waals surface area contributed by atoms with Crippen LogP contribution in [0.5, 0.6) is 0 Å². The van der Waals surface area contributed by atoms with E-state index in [0.29, 0.717) is 41.5 Å². The summed E-state index contributed by atoms with van der Waals surface area (Å²) in [6, 6.07) is 7.09. The first-order chi connectivity index (χ1) is 20.3. The molecule has 16 heteroatoms. The Morgan fingerprint density at radius 3 is 2.42 bits per heavy atom. The van der Waals surface area contributed by atoms with Crippen molar-refractivity contribution in [2.45, 2.75) is 62.3 Å². The molecule has 1 saturated heterocycles. The van der Waals surface area contributed by atoms with E-state index in [1.807, 2.05) is 11.8 Å². The minimum absolute atomic E-state index is 0.0129. The molecule has 3 heterocycles. The number of aromatic nitrogens is 4. The topological polar surface area (TPSA) is 131 Å². The molecule has 232 valence electrons. The lowest BCUT2D eigenvalue weighted by Crippen LogP contribution is -2.44. The smallest absolute Gasteiger partial charge is 0.333 e. The van der Waals surface area contributed by atoms with Gasteiger partial charge in [0, 0.05) is 23.9 Å². The highest BCUT2D eigenvalue weighted by molar-refractivity contribution is 7.92. The number of morpholine rings is 1. The predicted octanol–water partition coefficient (Wildman–Crippen LogP) is 4.43. The average molecular weight is 626 g/mol. The monoisotopic (exact) mass is 625 g/mol. The molecule has 2 N–H and O–H groups in total. The van der Waals surface area contributed by atoms with Gasteiger partial charge in [-0.25, -0.2) is 36.6 Å². The van der Waals surface area contributed by atoms with Crippen LogP contribution in [0.1, 0.15) is 43.4 Å². The largest absolute Gasteiger partial charge is 0.377 e. The lowest BCUT2D eigenvalue weighted by atomic mass is 10.1. The number of alkyl halides is 4. The van der Waals surface area contributed by atoms with Gasteiger partial charge in [-0.3, -0.25) is 0 Å². The van der Waals surface area contributed by atoms with E-state index in [0.717, 1.165) is 0 Å². The third-order valence-electron chi connectivity index (χ3n) is 7.59. The maximum Gasteiger partial charge on any atom is 0.333 e. The van der Waals surface area contributed by atoms with E-state index >= 15 is 0 Å². The lowest BCUT2D eigenvalue weighted by molar-refractivity contribution is 0.0538. The number of ether oxygens (including phenoxy) is 1. The van der Waals surface area contributed by atoms with Crippen LogP contribution in [-0.2, 0) is 19.3 Å². The maximum atomic E-state index is 14.2. The Kier molecular flexibility index (Phi) is 8.35. The summed E-state index contributed by atoms with van der Waals surface area (Å²) in [5.74, 6) is 0.709. The first-order valence-corrected chi connectivity index (χ1v) is 15.1. The van der Waals surface area contributed by atoms with Gasteiger partial charge in [-0.05, 0) is 57.9 Å². The summed E-state index contributed by atoms with van der Waals surface area (Å²) in [5.41, 5.74) is 0.922. The molecule has 1 saturated carbocycles. The molecule has 2 aromatic heterocycles. The highest BCUT2D eigenvalue weighted by Gasteiger charge is 2.59. The number of benzene rings is 1. The van der Waals surface area contributed by atoms with Crippen LogP contribution in [-0.4, -0.2) is 73.0 Å². The van der Waals surface area contributed by atoms with Gasteiger partial charge in [-0.15, -0.1) is 0 Å². The van der Waals surface area contributed by atoms with Crippen molar-refractivity contribution >= 4 is 27.4 Å². The summed E-state index contributed by atoms with van der Waals surface area (Å²) in [7, 11) is -4.20. The Labute approximate surface area is 245 Å². The van der Waals surface area contributed by atoms with E-state index in [1.54, 1.807) is 30.3 Å². The second-order valence-corrected chi connectivity index (χ2v) is 12.8. The van der Waals surface area contributed by atoms with Gasteiger partial charge >= 0.3 is 12.6 Å². The molecule has 3 aromatic rings. The SMILES string of the molecule is Cc1nn(C(F)F)c(C)c1S(=O)(=O)C1(c2cc(N3CCOC[C@@H]3C)nc(-c3ccc(NC(=O)NCC(F)F)cc3)n2)CC1. The third-order valence-corrected chi connectivity index (χ3v) is 10.4. The van der Waals surface area contributed by atoms with E-state index in [2.05, 4.69) is 20.7 Å². The number of anilines is 2. The van der Waals surface area contributed by atoms with Crippen molar-refractivity contribution in [2.24, 2.45) is 0 Å². The molecule has 2 aliphatic rings. The minimum atomic E-state index is -4.20. The van der Waals surface area contributed by atoms with E-state index in [-0.39, 0.29) is 46.7 Å². The van der Waals surface area contributed by atoms with Gasteiger partial charge in [-0.1, -0.05) is 0 Å². The van der Waals surface area contributed by atoms with Crippen LogP contribution < -0.4 is 15.5 Å². The number of urea groups is 1. The van der Waals surface area contributed by atoms with Crippen LogP contribution in [0.25, 0.3) is 11.4 Å². The molecule has 1 aliphatic heterocycles. The quantitative estimate of drug-likeness (QED) is 0.334. The number of nitrogens with zero attached hydrogens (tertiary/aromatic N) is 5. The number of aryl methyl sites for hydroxylation is 1. The molecule has 5 rings (SSSR count). The first-order valence-electron chi connectivity index (χ1n) is 13.6. The number of amides is 2. The van der Waals surface area contributed by atoms with Gasteiger partial charge in [0.25, 0.3) is 6.43 Å². The third kappa shape index (κ3) is 5.89. The first kappa shape index (κ1) is 30.7. The predicted molar refractivity (Wildman–Crippen MR) is 149 cm³/mol. The van der Waals surface area contributed by atoms with E-state index in [4.69, 9.17) is 9.72 Å². The van der Waals surface area contributed by atoms with Gasteiger partial charge < -0.3 is 20.3 Å². The minimum Gasteiger partial charge on any atom is -0.377 e. The van der Waals surface area contributed by atoms with Crippen molar-refractivity contribution in [1.82, 2.24) is 25.1 Å². The Balaban J connectivity index is 1.55. The number of rotatable bonds is 9. The molecule has 1 atom stereocenters. The summed E-state index contributed by atoms with van der Waals surface area (Å²) >= 11 is 0.